The topological polar surface area (TPSA) is 21.3 Å². The molecule has 1 N–H and O–H groups in total. The standard InChI is InChI=1S/C14H21BrFNO/c1-4-17-14(7-10(2)9-18-3)12-8-11(15)5-6-13(12)16/h5-6,8,10,14,17H,4,7,9H2,1-3H3. The van der Waals surface area contributed by atoms with Crippen LogP contribution in [0.15, 0.2) is 22.7 Å². The zero-order valence-corrected chi connectivity index (χ0v) is 12.8. The highest BCUT2D eigenvalue weighted by Gasteiger charge is 2.18. The van der Waals surface area contributed by atoms with E-state index in [-0.39, 0.29) is 11.9 Å². The van der Waals surface area contributed by atoms with Crippen LogP contribution in [0.4, 0.5) is 4.39 Å². The number of hydrogen-bond donors (Lipinski definition) is 1. The molecule has 0 aliphatic rings. The molecule has 0 amide bonds. The summed E-state index contributed by atoms with van der Waals surface area (Å²) in [6.07, 6.45) is 0.856. The highest BCUT2D eigenvalue weighted by molar-refractivity contribution is 9.10. The zero-order chi connectivity index (χ0) is 13.5. The average Bonchev–Trinajstić information content (AvgIpc) is 2.32. The lowest BCUT2D eigenvalue weighted by molar-refractivity contribution is 0.149. The molecule has 0 saturated heterocycles. The first-order chi connectivity index (χ1) is 8.58. The molecule has 102 valence electrons. The van der Waals surface area contributed by atoms with Gasteiger partial charge in [-0.2, -0.15) is 0 Å². The second-order valence-electron chi connectivity index (χ2n) is 4.57. The fraction of sp³-hybridized carbons (Fsp3) is 0.571. The fourth-order valence-electron chi connectivity index (χ4n) is 2.10. The Bertz CT molecular complexity index is 373. The van der Waals surface area contributed by atoms with E-state index in [4.69, 9.17) is 4.74 Å². The Kier molecular flexibility index (Phi) is 6.82. The predicted octanol–water partition coefficient (Wildman–Crippen LogP) is 3.91. The molecule has 1 aromatic rings. The molecule has 0 aliphatic heterocycles. The summed E-state index contributed by atoms with van der Waals surface area (Å²) >= 11 is 3.39. The predicted molar refractivity (Wildman–Crippen MR) is 76.2 cm³/mol. The molecule has 0 fully saturated rings. The van der Waals surface area contributed by atoms with Crippen LogP contribution in [-0.4, -0.2) is 20.3 Å². The lowest BCUT2D eigenvalue weighted by Crippen LogP contribution is -2.25. The van der Waals surface area contributed by atoms with Gasteiger partial charge in [0.2, 0.25) is 0 Å². The minimum absolute atomic E-state index is 0.0256. The molecular weight excluding hydrogens is 297 g/mol. The number of methoxy groups -OCH3 is 1. The molecule has 2 nitrogen and oxygen atoms in total. The van der Waals surface area contributed by atoms with Gasteiger partial charge in [-0.15, -0.1) is 0 Å². The molecule has 0 bridgehead atoms. The lowest BCUT2D eigenvalue weighted by atomic mass is 9.96. The number of halogens is 2. The molecule has 0 saturated carbocycles. The highest BCUT2D eigenvalue weighted by atomic mass is 79.9. The van der Waals surface area contributed by atoms with Crippen LogP contribution in [0.3, 0.4) is 0 Å². The molecule has 18 heavy (non-hydrogen) atoms. The summed E-state index contributed by atoms with van der Waals surface area (Å²) in [5.41, 5.74) is 0.717. The Morgan fingerprint density at radius 1 is 1.44 bits per heavy atom. The highest BCUT2D eigenvalue weighted by Crippen LogP contribution is 2.26. The first kappa shape index (κ1) is 15.6. The summed E-state index contributed by atoms with van der Waals surface area (Å²) in [6, 6.07) is 5.10. The van der Waals surface area contributed by atoms with E-state index in [0.717, 1.165) is 17.4 Å². The van der Waals surface area contributed by atoms with Crippen molar-refractivity contribution in [1.82, 2.24) is 5.32 Å². The van der Waals surface area contributed by atoms with Crippen LogP contribution in [0.5, 0.6) is 0 Å². The molecule has 1 aromatic carbocycles. The van der Waals surface area contributed by atoms with E-state index in [1.165, 1.54) is 6.07 Å². The molecule has 0 spiro atoms. The summed E-state index contributed by atoms with van der Waals surface area (Å²) in [5.74, 6) is 0.228. The molecule has 0 radical (unpaired) electrons. The van der Waals surface area contributed by atoms with E-state index in [0.29, 0.717) is 18.1 Å². The Hall–Kier alpha value is -0.450. The molecule has 1 rings (SSSR count). The van der Waals surface area contributed by atoms with E-state index in [2.05, 4.69) is 28.2 Å². The smallest absolute Gasteiger partial charge is 0.128 e. The maximum atomic E-state index is 13.9. The van der Waals surface area contributed by atoms with E-state index in [9.17, 15) is 4.39 Å². The van der Waals surface area contributed by atoms with Crippen molar-refractivity contribution in [2.45, 2.75) is 26.3 Å². The SMILES string of the molecule is CCNC(CC(C)COC)c1cc(Br)ccc1F. The molecule has 0 aromatic heterocycles. The normalized spacial score (nSPS) is 14.5. The van der Waals surface area contributed by atoms with Gasteiger partial charge in [-0.25, -0.2) is 4.39 Å². The van der Waals surface area contributed by atoms with Gasteiger partial charge in [0, 0.05) is 29.8 Å². The minimum Gasteiger partial charge on any atom is -0.384 e. The van der Waals surface area contributed by atoms with Crippen LogP contribution in [0.25, 0.3) is 0 Å². The van der Waals surface area contributed by atoms with Crippen molar-refractivity contribution in [3.63, 3.8) is 0 Å². The summed E-state index contributed by atoms with van der Waals surface area (Å²) in [7, 11) is 1.69. The van der Waals surface area contributed by atoms with Gasteiger partial charge in [0.25, 0.3) is 0 Å². The zero-order valence-electron chi connectivity index (χ0n) is 11.2. The van der Waals surface area contributed by atoms with Crippen molar-refractivity contribution in [3.8, 4) is 0 Å². The Morgan fingerprint density at radius 2 is 2.17 bits per heavy atom. The number of ether oxygens (including phenoxy) is 1. The Balaban J connectivity index is 2.85. The van der Waals surface area contributed by atoms with Gasteiger partial charge < -0.3 is 10.1 Å². The third-order valence-corrected chi connectivity index (χ3v) is 3.37. The maximum absolute atomic E-state index is 13.9. The summed E-state index contributed by atoms with van der Waals surface area (Å²) in [4.78, 5) is 0. The monoisotopic (exact) mass is 317 g/mol. The van der Waals surface area contributed by atoms with Crippen molar-refractivity contribution in [2.75, 3.05) is 20.3 Å². The van der Waals surface area contributed by atoms with Crippen LogP contribution < -0.4 is 5.32 Å². The maximum Gasteiger partial charge on any atom is 0.128 e. The minimum atomic E-state index is -0.159. The van der Waals surface area contributed by atoms with Gasteiger partial charge in [-0.1, -0.05) is 29.8 Å². The van der Waals surface area contributed by atoms with Crippen LogP contribution >= 0.6 is 15.9 Å². The average molecular weight is 318 g/mol. The number of benzene rings is 1. The fourth-order valence-corrected chi connectivity index (χ4v) is 2.48. The summed E-state index contributed by atoms with van der Waals surface area (Å²) in [6.45, 7) is 5.65. The van der Waals surface area contributed by atoms with Crippen LogP contribution in [-0.2, 0) is 4.74 Å². The van der Waals surface area contributed by atoms with Gasteiger partial charge in [0.15, 0.2) is 0 Å². The molecule has 2 atom stereocenters. The van der Waals surface area contributed by atoms with Gasteiger partial charge in [-0.3, -0.25) is 0 Å². The third-order valence-electron chi connectivity index (χ3n) is 2.87. The number of rotatable bonds is 7. The van der Waals surface area contributed by atoms with Crippen LogP contribution in [0.2, 0.25) is 0 Å². The van der Waals surface area contributed by atoms with Crippen LogP contribution in [0.1, 0.15) is 31.9 Å². The van der Waals surface area contributed by atoms with Gasteiger partial charge in [0.1, 0.15) is 5.82 Å². The largest absolute Gasteiger partial charge is 0.384 e. The van der Waals surface area contributed by atoms with E-state index in [1.807, 2.05) is 13.0 Å². The van der Waals surface area contributed by atoms with E-state index < -0.39 is 0 Å². The first-order valence-corrected chi connectivity index (χ1v) is 7.05. The molecule has 2 unspecified atom stereocenters. The lowest BCUT2D eigenvalue weighted by Gasteiger charge is -2.22. The molecule has 4 heteroatoms. The first-order valence-electron chi connectivity index (χ1n) is 6.25. The van der Waals surface area contributed by atoms with Crippen molar-refractivity contribution in [2.24, 2.45) is 5.92 Å². The molecular formula is C14H21BrFNO. The second-order valence-corrected chi connectivity index (χ2v) is 5.49. The van der Waals surface area contributed by atoms with E-state index in [1.54, 1.807) is 13.2 Å². The van der Waals surface area contributed by atoms with Crippen molar-refractivity contribution >= 4 is 15.9 Å². The van der Waals surface area contributed by atoms with Gasteiger partial charge in [0.05, 0.1) is 0 Å². The van der Waals surface area contributed by atoms with Gasteiger partial charge in [-0.05, 0) is 37.1 Å². The summed E-state index contributed by atoms with van der Waals surface area (Å²) in [5, 5.41) is 3.34. The van der Waals surface area contributed by atoms with Crippen LogP contribution in [0, 0.1) is 11.7 Å². The van der Waals surface area contributed by atoms with Crippen molar-refractivity contribution < 1.29 is 9.13 Å². The van der Waals surface area contributed by atoms with E-state index >= 15 is 0 Å². The Labute approximate surface area is 117 Å². The Morgan fingerprint density at radius 3 is 2.78 bits per heavy atom. The second kappa shape index (κ2) is 7.87. The number of hydrogen-bond acceptors (Lipinski definition) is 2. The van der Waals surface area contributed by atoms with Gasteiger partial charge >= 0.3 is 0 Å². The summed E-state index contributed by atoms with van der Waals surface area (Å²) < 4.78 is 19.9. The number of nitrogens with one attached hydrogen (secondary N) is 1. The quantitative estimate of drug-likeness (QED) is 0.823. The van der Waals surface area contributed by atoms with Crippen molar-refractivity contribution in [1.29, 1.82) is 0 Å². The molecule has 0 aliphatic carbocycles. The third kappa shape index (κ3) is 4.67. The van der Waals surface area contributed by atoms with Crippen molar-refractivity contribution in [3.05, 3.63) is 34.1 Å². The molecule has 0 heterocycles.